The minimum Gasteiger partial charge on any atom is -0.355 e. The maximum absolute atomic E-state index is 12.4. The zero-order chi connectivity index (χ0) is 21.1. The van der Waals surface area contributed by atoms with Crippen LogP contribution in [0.25, 0.3) is 0 Å². The number of carbonyl (C=O) groups excluding carboxylic acids is 1. The van der Waals surface area contributed by atoms with E-state index in [2.05, 4.69) is 58.3 Å². The van der Waals surface area contributed by atoms with Crippen LogP contribution in [0.4, 0.5) is 5.82 Å². The molecule has 1 aliphatic rings. The van der Waals surface area contributed by atoms with Crippen LogP contribution >= 0.6 is 0 Å². The minimum atomic E-state index is -0.160. The van der Waals surface area contributed by atoms with Crippen molar-refractivity contribution in [1.82, 2.24) is 20.2 Å². The highest BCUT2D eigenvalue weighted by molar-refractivity contribution is 5.90. The van der Waals surface area contributed by atoms with Gasteiger partial charge in [0.15, 0.2) is 0 Å². The number of anilines is 1. The zero-order valence-corrected chi connectivity index (χ0v) is 18.5. The Kier molecular flexibility index (Phi) is 6.52. The molecule has 1 saturated heterocycles. The molecule has 156 valence electrons. The van der Waals surface area contributed by atoms with Crippen molar-refractivity contribution in [2.45, 2.75) is 52.6 Å². The predicted octanol–water partition coefficient (Wildman–Crippen LogP) is 3.29. The summed E-state index contributed by atoms with van der Waals surface area (Å²) in [5.74, 6) is 0.994. The lowest BCUT2D eigenvalue weighted by Crippen LogP contribution is -2.35. The minimum absolute atomic E-state index is 0.160. The second kappa shape index (κ2) is 8.91. The van der Waals surface area contributed by atoms with Gasteiger partial charge in [-0.1, -0.05) is 31.2 Å². The molecule has 6 nitrogen and oxygen atoms in total. The number of carbonyl (C=O) groups is 1. The molecule has 6 heteroatoms. The molecular weight excluding hydrogens is 362 g/mol. The summed E-state index contributed by atoms with van der Waals surface area (Å²) in [6.45, 7) is 10.2. The Morgan fingerprint density at radius 1 is 1.24 bits per heavy atom. The zero-order valence-electron chi connectivity index (χ0n) is 18.5. The summed E-state index contributed by atoms with van der Waals surface area (Å²) in [5, 5.41) is 3.76. The Morgan fingerprint density at radius 2 is 1.93 bits per heavy atom. The molecule has 0 bridgehead atoms. The highest BCUT2D eigenvalue weighted by Gasteiger charge is 2.27. The molecule has 2 heterocycles. The van der Waals surface area contributed by atoms with Gasteiger partial charge in [-0.15, -0.1) is 0 Å². The fourth-order valence-electron chi connectivity index (χ4n) is 3.80. The first-order valence-corrected chi connectivity index (χ1v) is 10.5. The summed E-state index contributed by atoms with van der Waals surface area (Å²) in [6, 6.07) is 9.55. The fraction of sp³-hybridized carbons (Fsp3) is 0.522. The summed E-state index contributed by atoms with van der Waals surface area (Å²) >= 11 is 0. The molecule has 0 spiro atoms. The summed E-state index contributed by atoms with van der Waals surface area (Å²) in [7, 11) is 3.45. The van der Waals surface area contributed by atoms with Crippen LogP contribution in [0, 0.1) is 13.8 Å². The van der Waals surface area contributed by atoms with E-state index >= 15 is 0 Å². The highest BCUT2D eigenvalue weighted by Crippen LogP contribution is 2.25. The van der Waals surface area contributed by atoms with E-state index in [-0.39, 0.29) is 11.7 Å². The smallest absolute Gasteiger partial charge is 0.291 e. The number of aryl methyl sites for hydroxylation is 2. The van der Waals surface area contributed by atoms with E-state index in [9.17, 15) is 4.79 Å². The lowest BCUT2D eigenvalue weighted by molar-refractivity contribution is 0.0815. The molecule has 2 atom stereocenters. The largest absolute Gasteiger partial charge is 0.355 e. The van der Waals surface area contributed by atoms with Crippen molar-refractivity contribution in [1.29, 1.82) is 0 Å². The van der Waals surface area contributed by atoms with Gasteiger partial charge in [-0.25, -0.2) is 9.97 Å². The quantitative estimate of drug-likeness (QED) is 0.813. The Balaban J connectivity index is 1.71. The van der Waals surface area contributed by atoms with Gasteiger partial charge in [0.1, 0.15) is 5.82 Å². The summed E-state index contributed by atoms with van der Waals surface area (Å²) in [4.78, 5) is 25.2. The fourth-order valence-corrected chi connectivity index (χ4v) is 3.80. The van der Waals surface area contributed by atoms with Gasteiger partial charge in [-0.05, 0) is 44.7 Å². The van der Waals surface area contributed by atoms with Crippen LogP contribution in [0.2, 0.25) is 0 Å². The van der Waals surface area contributed by atoms with Gasteiger partial charge >= 0.3 is 0 Å². The molecule has 1 N–H and O–H groups in total. The first-order chi connectivity index (χ1) is 13.8. The maximum Gasteiger partial charge on any atom is 0.291 e. The molecule has 3 rings (SSSR count). The van der Waals surface area contributed by atoms with Crippen molar-refractivity contribution in [3.8, 4) is 0 Å². The van der Waals surface area contributed by atoms with Crippen LogP contribution in [0.3, 0.4) is 0 Å². The third kappa shape index (κ3) is 4.75. The molecule has 0 radical (unpaired) electrons. The van der Waals surface area contributed by atoms with Crippen LogP contribution in [0.5, 0.6) is 0 Å². The van der Waals surface area contributed by atoms with Crippen LogP contribution in [0.15, 0.2) is 24.3 Å². The molecule has 1 amide bonds. The van der Waals surface area contributed by atoms with Crippen LogP contribution in [-0.4, -0.2) is 54.0 Å². The second-order valence-electron chi connectivity index (χ2n) is 8.20. The average Bonchev–Trinajstić information content (AvgIpc) is 3.17. The molecule has 1 fully saturated rings. The standard InChI is InChI=1S/C23H33N5O/c1-7-18-8-10-19(11-9-18)17(4)24-20-12-13-28(14-20)22-15(2)16(3)25-21(26-22)23(29)27(5)6/h8-11,17,20,24H,7,12-14H2,1-6H3/t17?,20-/m1/s1. The molecule has 29 heavy (non-hydrogen) atoms. The van der Waals surface area contributed by atoms with Gasteiger partial charge in [-0.2, -0.15) is 0 Å². The van der Waals surface area contributed by atoms with Gasteiger partial charge in [0.2, 0.25) is 5.82 Å². The van der Waals surface area contributed by atoms with Crippen molar-refractivity contribution in [2.24, 2.45) is 0 Å². The van der Waals surface area contributed by atoms with Crippen molar-refractivity contribution in [3.63, 3.8) is 0 Å². The van der Waals surface area contributed by atoms with E-state index in [1.165, 1.54) is 16.0 Å². The molecule has 1 aromatic heterocycles. The number of hydrogen-bond acceptors (Lipinski definition) is 5. The van der Waals surface area contributed by atoms with Crippen molar-refractivity contribution in [3.05, 3.63) is 52.5 Å². The number of rotatable bonds is 6. The third-order valence-corrected chi connectivity index (χ3v) is 5.82. The average molecular weight is 396 g/mol. The van der Waals surface area contributed by atoms with Crippen LogP contribution in [0.1, 0.15) is 59.3 Å². The lowest BCUT2D eigenvalue weighted by atomic mass is 10.0. The van der Waals surface area contributed by atoms with Gasteiger partial charge in [0.05, 0.1) is 0 Å². The topological polar surface area (TPSA) is 61.4 Å². The van der Waals surface area contributed by atoms with Gasteiger partial charge < -0.3 is 15.1 Å². The molecule has 1 unspecified atom stereocenters. The summed E-state index contributed by atoms with van der Waals surface area (Å²) < 4.78 is 0. The molecular formula is C23H33N5O. The molecule has 1 aliphatic heterocycles. The van der Waals surface area contributed by atoms with E-state index in [4.69, 9.17) is 0 Å². The molecule has 0 aliphatic carbocycles. The summed E-state index contributed by atoms with van der Waals surface area (Å²) in [5.41, 5.74) is 4.59. The Bertz CT molecular complexity index is 862. The van der Waals surface area contributed by atoms with E-state index < -0.39 is 0 Å². The Labute approximate surface area is 174 Å². The highest BCUT2D eigenvalue weighted by atomic mass is 16.2. The number of benzene rings is 1. The maximum atomic E-state index is 12.4. The predicted molar refractivity (Wildman–Crippen MR) is 118 cm³/mol. The molecule has 0 saturated carbocycles. The number of aromatic nitrogens is 2. The number of nitrogens with zero attached hydrogens (tertiary/aromatic N) is 4. The number of amides is 1. The summed E-state index contributed by atoms with van der Waals surface area (Å²) in [6.07, 6.45) is 2.12. The van der Waals surface area contributed by atoms with Crippen LogP contribution < -0.4 is 10.2 Å². The lowest BCUT2D eigenvalue weighted by Gasteiger charge is -2.23. The SMILES string of the molecule is CCc1ccc(C(C)N[C@@H]2CCN(c3nc(C(=O)N(C)C)nc(C)c3C)C2)cc1. The van der Waals surface area contributed by atoms with E-state index in [1.807, 2.05) is 13.8 Å². The first kappa shape index (κ1) is 21.2. The van der Waals surface area contributed by atoms with Crippen LogP contribution in [-0.2, 0) is 6.42 Å². The van der Waals surface area contributed by atoms with E-state index in [1.54, 1.807) is 14.1 Å². The number of hydrogen-bond donors (Lipinski definition) is 1. The van der Waals surface area contributed by atoms with Gasteiger partial charge in [0.25, 0.3) is 5.91 Å². The van der Waals surface area contributed by atoms with E-state index in [0.29, 0.717) is 12.1 Å². The molecule has 2 aromatic rings. The molecule has 1 aromatic carbocycles. The van der Waals surface area contributed by atoms with Crippen molar-refractivity contribution >= 4 is 11.7 Å². The van der Waals surface area contributed by atoms with Crippen molar-refractivity contribution in [2.75, 3.05) is 32.1 Å². The first-order valence-electron chi connectivity index (χ1n) is 10.5. The van der Waals surface area contributed by atoms with Gasteiger partial charge in [-0.3, -0.25) is 4.79 Å². The third-order valence-electron chi connectivity index (χ3n) is 5.82. The number of nitrogens with one attached hydrogen (secondary N) is 1. The van der Waals surface area contributed by atoms with Gasteiger partial charge in [0, 0.05) is 50.5 Å². The second-order valence-corrected chi connectivity index (χ2v) is 8.20. The Morgan fingerprint density at radius 3 is 2.55 bits per heavy atom. The normalized spacial score (nSPS) is 17.4. The van der Waals surface area contributed by atoms with Crippen molar-refractivity contribution < 1.29 is 4.79 Å². The van der Waals surface area contributed by atoms with E-state index in [0.717, 1.165) is 43.0 Å². The monoisotopic (exact) mass is 395 g/mol. The Hall–Kier alpha value is -2.47.